The number of aromatic nitrogens is 2. The van der Waals surface area contributed by atoms with Crippen molar-refractivity contribution in [3.8, 4) is 22.0 Å². The van der Waals surface area contributed by atoms with Crippen LogP contribution < -0.4 is 5.73 Å². The van der Waals surface area contributed by atoms with E-state index in [1.54, 1.807) is 18.2 Å². The molecule has 0 aliphatic heterocycles. The van der Waals surface area contributed by atoms with Gasteiger partial charge in [0.05, 0.1) is 34.6 Å². The van der Waals surface area contributed by atoms with Crippen LogP contribution in [0.25, 0.3) is 22.0 Å². The van der Waals surface area contributed by atoms with Crippen LogP contribution in [0.3, 0.4) is 0 Å². The molecule has 0 saturated heterocycles. The Morgan fingerprint density at radius 2 is 1.88 bits per heavy atom. The number of amides is 1. The highest BCUT2D eigenvalue weighted by Gasteiger charge is 2.20. The fourth-order valence-corrected chi connectivity index (χ4v) is 4.64. The molecular formula is C24H20ClN3O3S. The number of primary amides is 1. The van der Waals surface area contributed by atoms with Gasteiger partial charge in [-0.25, -0.2) is 9.78 Å². The summed E-state index contributed by atoms with van der Waals surface area (Å²) in [5, 5.41) is 3.36. The van der Waals surface area contributed by atoms with Crippen LogP contribution in [0.2, 0.25) is 5.02 Å². The van der Waals surface area contributed by atoms with Gasteiger partial charge < -0.3 is 15.0 Å². The zero-order valence-corrected chi connectivity index (χ0v) is 19.0. The summed E-state index contributed by atoms with van der Waals surface area (Å²) in [5.41, 5.74) is 10.6. The lowest BCUT2D eigenvalue weighted by Crippen LogP contribution is -2.13. The van der Waals surface area contributed by atoms with Gasteiger partial charge in [0.15, 0.2) is 0 Å². The molecule has 0 atom stereocenters. The fourth-order valence-electron chi connectivity index (χ4n) is 3.51. The molecule has 2 heterocycles. The number of benzene rings is 2. The van der Waals surface area contributed by atoms with Crippen molar-refractivity contribution in [3.05, 3.63) is 87.4 Å². The van der Waals surface area contributed by atoms with Crippen LogP contribution >= 0.6 is 22.9 Å². The van der Waals surface area contributed by atoms with Gasteiger partial charge in [-0.05, 0) is 36.8 Å². The van der Waals surface area contributed by atoms with Crippen molar-refractivity contribution in [3.63, 3.8) is 0 Å². The lowest BCUT2D eigenvalue weighted by molar-refractivity contribution is 0.0600. The number of carbonyl (C=O) groups excluding carboxylic acids is 2. The summed E-state index contributed by atoms with van der Waals surface area (Å²) < 4.78 is 6.75. The van der Waals surface area contributed by atoms with Gasteiger partial charge >= 0.3 is 5.97 Å². The van der Waals surface area contributed by atoms with E-state index in [-0.39, 0.29) is 5.97 Å². The van der Waals surface area contributed by atoms with Crippen molar-refractivity contribution in [1.82, 2.24) is 9.55 Å². The number of hydrogen-bond donors (Lipinski definition) is 1. The summed E-state index contributed by atoms with van der Waals surface area (Å²) in [5.74, 6) is -0.884. The quantitative estimate of drug-likeness (QED) is 0.398. The molecular weight excluding hydrogens is 446 g/mol. The van der Waals surface area contributed by atoms with Crippen molar-refractivity contribution in [2.75, 3.05) is 7.11 Å². The van der Waals surface area contributed by atoms with E-state index in [1.165, 1.54) is 18.4 Å². The van der Waals surface area contributed by atoms with Crippen molar-refractivity contribution >= 4 is 34.8 Å². The van der Waals surface area contributed by atoms with Gasteiger partial charge in [0, 0.05) is 23.2 Å². The van der Waals surface area contributed by atoms with Crippen molar-refractivity contribution in [1.29, 1.82) is 0 Å². The third-order valence-corrected chi connectivity index (χ3v) is 6.42. The van der Waals surface area contributed by atoms with E-state index < -0.39 is 5.91 Å². The lowest BCUT2D eigenvalue weighted by Gasteiger charge is -2.11. The second kappa shape index (κ2) is 8.98. The summed E-state index contributed by atoms with van der Waals surface area (Å²) in [6.45, 7) is 2.34. The van der Waals surface area contributed by atoms with Gasteiger partial charge in [0.2, 0.25) is 0 Å². The molecule has 0 fully saturated rings. The Morgan fingerprint density at radius 1 is 1.16 bits per heavy atom. The van der Waals surface area contributed by atoms with Crippen LogP contribution in [0.5, 0.6) is 0 Å². The number of hydrogen-bond acceptors (Lipinski definition) is 5. The minimum atomic E-state index is -0.495. The SMILES string of the molecule is COC(=O)c1ccc(Cn2c(-c3csc(-c4ccccc4Cl)n3)cc(C(N)=O)c2C)cc1. The summed E-state index contributed by atoms with van der Waals surface area (Å²) in [7, 11) is 1.35. The lowest BCUT2D eigenvalue weighted by atomic mass is 10.1. The van der Waals surface area contributed by atoms with E-state index in [0.29, 0.717) is 22.7 Å². The van der Waals surface area contributed by atoms with Crippen LogP contribution in [0.4, 0.5) is 0 Å². The number of methoxy groups -OCH3 is 1. The van der Waals surface area contributed by atoms with Gasteiger partial charge in [-0.3, -0.25) is 4.79 Å². The molecule has 0 aliphatic carbocycles. The van der Waals surface area contributed by atoms with Crippen molar-refractivity contribution in [2.45, 2.75) is 13.5 Å². The van der Waals surface area contributed by atoms with E-state index in [1.807, 2.05) is 53.3 Å². The number of carbonyl (C=O) groups is 2. The molecule has 6 nitrogen and oxygen atoms in total. The topological polar surface area (TPSA) is 87.2 Å². The molecule has 2 aromatic carbocycles. The van der Waals surface area contributed by atoms with Gasteiger partial charge in [0.1, 0.15) is 5.01 Å². The fraction of sp³-hybridized carbons (Fsp3) is 0.125. The van der Waals surface area contributed by atoms with Gasteiger partial charge in [0.25, 0.3) is 5.91 Å². The maximum absolute atomic E-state index is 12.0. The van der Waals surface area contributed by atoms with E-state index in [4.69, 9.17) is 27.1 Å². The zero-order valence-electron chi connectivity index (χ0n) is 17.5. The highest BCUT2D eigenvalue weighted by Crippen LogP contribution is 2.34. The average molecular weight is 466 g/mol. The van der Waals surface area contributed by atoms with E-state index in [0.717, 1.165) is 33.2 Å². The molecule has 0 saturated carbocycles. The molecule has 162 valence electrons. The monoisotopic (exact) mass is 465 g/mol. The second-order valence-corrected chi connectivity index (χ2v) is 8.45. The summed E-state index contributed by atoms with van der Waals surface area (Å²) in [6.07, 6.45) is 0. The minimum absolute atomic E-state index is 0.389. The van der Waals surface area contributed by atoms with E-state index in [2.05, 4.69) is 0 Å². The van der Waals surface area contributed by atoms with Crippen LogP contribution in [-0.2, 0) is 11.3 Å². The van der Waals surface area contributed by atoms with Crippen molar-refractivity contribution in [2.24, 2.45) is 5.73 Å². The summed E-state index contributed by atoms with van der Waals surface area (Å²) >= 11 is 7.82. The number of ether oxygens (including phenoxy) is 1. The highest BCUT2D eigenvalue weighted by atomic mass is 35.5. The first kappa shape index (κ1) is 21.8. The molecule has 8 heteroatoms. The third-order valence-electron chi connectivity index (χ3n) is 5.22. The summed E-state index contributed by atoms with van der Waals surface area (Å²) in [6, 6.07) is 16.5. The number of halogens is 1. The maximum Gasteiger partial charge on any atom is 0.337 e. The Bertz CT molecular complexity index is 1310. The smallest absolute Gasteiger partial charge is 0.337 e. The predicted octanol–water partition coefficient (Wildman–Crippen LogP) is 5.17. The van der Waals surface area contributed by atoms with E-state index >= 15 is 0 Å². The normalized spacial score (nSPS) is 10.8. The number of nitrogens with two attached hydrogens (primary N) is 1. The Morgan fingerprint density at radius 3 is 2.53 bits per heavy atom. The molecule has 1 amide bonds. The van der Waals surface area contributed by atoms with Gasteiger partial charge in [-0.15, -0.1) is 11.3 Å². The Hall–Kier alpha value is -3.42. The maximum atomic E-state index is 12.0. The van der Waals surface area contributed by atoms with Crippen LogP contribution in [0.15, 0.2) is 60.0 Å². The average Bonchev–Trinajstić information content (AvgIpc) is 3.39. The molecule has 4 aromatic rings. The predicted molar refractivity (Wildman–Crippen MR) is 126 cm³/mol. The number of esters is 1. The van der Waals surface area contributed by atoms with E-state index in [9.17, 15) is 9.59 Å². The molecule has 4 rings (SSSR count). The first-order chi connectivity index (χ1) is 15.4. The van der Waals surface area contributed by atoms with Crippen LogP contribution in [0.1, 0.15) is 32.0 Å². The number of thiazole rings is 1. The largest absolute Gasteiger partial charge is 0.465 e. The first-order valence-electron chi connectivity index (χ1n) is 9.77. The first-order valence-corrected chi connectivity index (χ1v) is 11.0. The molecule has 0 aliphatic rings. The Kier molecular flexibility index (Phi) is 6.12. The Balaban J connectivity index is 1.74. The van der Waals surface area contributed by atoms with Crippen LogP contribution in [-0.4, -0.2) is 28.5 Å². The Labute approximate surface area is 194 Å². The third kappa shape index (κ3) is 4.17. The molecule has 0 unspecified atom stereocenters. The minimum Gasteiger partial charge on any atom is -0.465 e. The summed E-state index contributed by atoms with van der Waals surface area (Å²) in [4.78, 5) is 28.5. The molecule has 2 aromatic heterocycles. The molecule has 0 bridgehead atoms. The van der Waals surface area contributed by atoms with Gasteiger partial charge in [-0.2, -0.15) is 0 Å². The number of nitrogens with zero attached hydrogens (tertiary/aromatic N) is 2. The second-order valence-electron chi connectivity index (χ2n) is 7.19. The molecule has 0 spiro atoms. The molecule has 2 N–H and O–H groups in total. The van der Waals surface area contributed by atoms with Gasteiger partial charge in [-0.1, -0.05) is 41.9 Å². The zero-order chi connectivity index (χ0) is 22.8. The standard InChI is InChI=1S/C24H20ClN3O3S/c1-14-18(22(26)29)11-21(20-13-32-23(27-20)17-5-3-4-6-19(17)25)28(14)12-15-7-9-16(10-8-15)24(30)31-2/h3-11,13H,12H2,1-2H3,(H2,26,29). The number of rotatable bonds is 6. The van der Waals surface area contributed by atoms with Crippen LogP contribution in [0, 0.1) is 6.92 Å². The highest BCUT2D eigenvalue weighted by molar-refractivity contribution is 7.13. The molecule has 0 radical (unpaired) electrons. The van der Waals surface area contributed by atoms with Crippen molar-refractivity contribution < 1.29 is 14.3 Å². The molecule has 32 heavy (non-hydrogen) atoms.